The zero-order valence-electron chi connectivity index (χ0n) is 14.5. The van der Waals surface area contributed by atoms with E-state index < -0.39 is 5.76 Å². The molecule has 2 aromatic carbocycles. The highest BCUT2D eigenvalue weighted by Crippen LogP contribution is 2.19. The Morgan fingerprint density at radius 3 is 2.85 bits per heavy atom. The molecule has 1 N–H and O–H groups in total. The third kappa shape index (κ3) is 3.91. The molecule has 1 amide bonds. The van der Waals surface area contributed by atoms with Gasteiger partial charge in [0, 0.05) is 17.1 Å². The van der Waals surface area contributed by atoms with Crippen molar-refractivity contribution in [3.05, 3.63) is 63.6 Å². The number of nitrogens with zero attached hydrogens (tertiary/aromatic N) is 1. The van der Waals surface area contributed by atoms with E-state index >= 15 is 0 Å². The number of benzene rings is 2. The summed E-state index contributed by atoms with van der Waals surface area (Å²) < 4.78 is 11.8. The van der Waals surface area contributed by atoms with Crippen molar-refractivity contribution in [1.82, 2.24) is 9.88 Å². The van der Waals surface area contributed by atoms with Gasteiger partial charge in [-0.2, -0.15) is 0 Å². The van der Waals surface area contributed by atoms with Gasteiger partial charge in [0.25, 0.3) is 0 Å². The van der Waals surface area contributed by atoms with Crippen LogP contribution in [0.2, 0.25) is 5.02 Å². The van der Waals surface area contributed by atoms with Crippen LogP contribution in [0.15, 0.2) is 51.7 Å². The average Bonchev–Trinajstić information content (AvgIpc) is 2.89. The smallest absolute Gasteiger partial charge is 0.420 e. The second-order valence-corrected chi connectivity index (χ2v) is 6.49. The van der Waals surface area contributed by atoms with Crippen molar-refractivity contribution in [1.29, 1.82) is 0 Å². The number of para-hydroxylation sites is 1. The molecule has 0 aliphatic rings. The van der Waals surface area contributed by atoms with Gasteiger partial charge in [0.05, 0.1) is 12.6 Å². The Morgan fingerprint density at radius 2 is 2.08 bits per heavy atom. The minimum absolute atomic E-state index is 0.121. The number of hydrogen-bond acceptors (Lipinski definition) is 4. The summed E-state index contributed by atoms with van der Waals surface area (Å²) in [6.07, 6.45) is 0.617. The molecule has 7 heteroatoms. The fourth-order valence-corrected chi connectivity index (χ4v) is 3.07. The van der Waals surface area contributed by atoms with E-state index in [1.54, 1.807) is 25.3 Å². The van der Waals surface area contributed by atoms with Gasteiger partial charge in [0.1, 0.15) is 12.3 Å². The van der Waals surface area contributed by atoms with Gasteiger partial charge in [-0.05, 0) is 37.1 Å². The molecule has 0 aliphatic heterocycles. The Labute approximate surface area is 155 Å². The maximum absolute atomic E-state index is 12.4. The van der Waals surface area contributed by atoms with Gasteiger partial charge >= 0.3 is 5.76 Å². The summed E-state index contributed by atoms with van der Waals surface area (Å²) >= 11 is 5.90. The van der Waals surface area contributed by atoms with Gasteiger partial charge in [-0.1, -0.05) is 29.8 Å². The SMILES string of the molecule is COc1ccccc1C[C@@H](C)NC(=O)Cn1c(=O)oc2cc(Cl)ccc21. The van der Waals surface area contributed by atoms with Crippen LogP contribution in [0.3, 0.4) is 0 Å². The highest BCUT2D eigenvalue weighted by Gasteiger charge is 2.15. The number of carbonyl (C=O) groups excluding carboxylic acids is 1. The van der Waals surface area contributed by atoms with Crippen molar-refractivity contribution >= 4 is 28.6 Å². The normalized spacial score (nSPS) is 12.1. The van der Waals surface area contributed by atoms with Crippen LogP contribution in [0.25, 0.3) is 11.1 Å². The zero-order chi connectivity index (χ0) is 18.7. The molecule has 136 valence electrons. The van der Waals surface area contributed by atoms with Gasteiger partial charge in [0.15, 0.2) is 5.58 Å². The number of halogens is 1. The molecule has 26 heavy (non-hydrogen) atoms. The maximum Gasteiger partial charge on any atom is 0.420 e. The van der Waals surface area contributed by atoms with Gasteiger partial charge < -0.3 is 14.5 Å². The van der Waals surface area contributed by atoms with Crippen LogP contribution < -0.4 is 15.8 Å². The van der Waals surface area contributed by atoms with E-state index in [1.807, 2.05) is 31.2 Å². The molecule has 0 radical (unpaired) electrons. The van der Waals surface area contributed by atoms with Crippen molar-refractivity contribution < 1.29 is 13.9 Å². The predicted octanol–water partition coefficient (Wildman–Crippen LogP) is 3.00. The Hall–Kier alpha value is -2.73. The topological polar surface area (TPSA) is 73.5 Å². The molecule has 3 rings (SSSR count). The molecule has 6 nitrogen and oxygen atoms in total. The molecule has 0 aliphatic carbocycles. The highest BCUT2D eigenvalue weighted by atomic mass is 35.5. The number of hydrogen-bond donors (Lipinski definition) is 1. The Bertz CT molecular complexity index is 993. The number of nitrogens with one attached hydrogen (secondary N) is 1. The molecule has 0 saturated heterocycles. The highest BCUT2D eigenvalue weighted by molar-refractivity contribution is 6.31. The monoisotopic (exact) mass is 374 g/mol. The fourth-order valence-electron chi connectivity index (χ4n) is 2.91. The molecule has 0 unspecified atom stereocenters. The van der Waals surface area contributed by atoms with E-state index in [0.29, 0.717) is 22.5 Å². The minimum atomic E-state index is -0.588. The van der Waals surface area contributed by atoms with E-state index in [9.17, 15) is 9.59 Å². The van der Waals surface area contributed by atoms with Crippen molar-refractivity contribution in [2.24, 2.45) is 0 Å². The van der Waals surface area contributed by atoms with Gasteiger partial charge in [0.2, 0.25) is 5.91 Å². The second-order valence-electron chi connectivity index (χ2n) is 6.05. The molecule has 0 spiro atoms. The third-order valence-corrected chi connectivity index (χ3v) is 4.29. The number of carbonyl (C=O) groups is 1. The summed E-state index contributed by atoms with van der Waals surface area (Å²) in [5.41, 5.74) is 1.90. The van der Waals surface area contributed by atoms with Crippen LogP contribution in [-0.2, 0) is 17.8 Å². The lowest BCUT2D eigenvalue weighted by atomic mass is 10.1. The maximum atomic E-state index is 12.4. The van der Waals surface area contributed by atoms with Gasteiger partial charge in [-0.3, -0.25) is 9.36 Å². The molecule has 0 bridgehead atoms. The molecule has 3 aromatic rings. The van der Waals surface area contributed by atoms with Crippen molar-refractivity contribution in [2.45, 2.75) is 25.9 Å². The number of methoxy groups -OCH3 is 1. The molecule has 0 saturated carbocycles. The number of ether oxygens (including phenoxy) is 1. The Balaban J connectivity index is 1.69. The van der Waals surface area contributed by atoms with E-state index in [-0.39, 0.29) is 18.5 Å². The van der Waals surface area contributed by atoms with E-state index in [4.69, 9.17) is 20.8 Å². The van der Waals surface area contributed by atoms with Crippen LogP contribution in [0.5, 0.6) is 5.75 Å². The van der Waals surface area contributed by atoms with Crippen LogP contribution in [0.1, 0.15) is 12.5 Å². The molecule has 1 atom stereocenters. The van der Waals surface area contributed by atoms with E-state index in [0.717, 1.165) is 11.3 Å². The summed E-state index contributed by atoms with van der Waals surface area (Å²) in [5.74, 6) is -0.0792. The Morgan fingerprint density at radius 1 is 1.31 bits per heavy atom. The number of aromatic nitrogens is 1. The summed E-state index contributed by atoms with van der Waals surface area (Å²) in [4.78, 5) is 24.4. The van der Waals surface area contributed by atoms with Crippen LogP contribution >= 0.6 is 11.6 Å². The molecule has 1 heterocycles. The Kier molecular flexibility index (Phi) is 5.32. The van der Waals surface area contributed by atoms with Crippen molar-refractivity contribution in [3.63, 3.8) is 0 Å². The van der Waals surface area contributed by atoms with Crippen molar-refractivity contribution in [3.8, 4) is 5.75 Å². The average molecular weight is 375 g/mol. The first-order valence-electron chi connectivity index (χ1n) is 8.18. The molecular formula is C19H19ClN2O4. The number of oxazole rings is 1. The quantitative estimate of drug-likeness (QED) is 0.719. The lowest BCUT2D eigenvalue weighted by Gasteiger charge is -2.16. The number of fused-ring (bicyclic) bond motifs is 1. The van der Waals surface area contributed by atoms with E-state index in [1.165, 1.54) is 4.57 Å². The van der Waals surface area contributed by atoms with Crippen molar-refractivity contribution in [2.75, 3.05) is 7.11 Å². The summed E-state index contributed by atoms with van der Waals surface area (Å²) in [6, 6.07) is 12.4. The predicted molar refractivity (Wildman–Crippen MR) is 99.8 cm³/mol. The first kappa shape index (κ1) is 18.1. The largest absolute Gasteiger partial charge is 0.496 e. The van der Waals surface area contributed by atoms with E-state index in [2.05, 4.69) is 5.32 Å². The third-order valence-electron chi connectivity index (χ3n) is 4.06. The summed E-state index contributed by atoms with van der Waals surface area (Å²) in [7, 11) is 1.62. The van der Waals surface area contributed by atoms with Crippen LogP contribution in [0, 0.1) is 0 Å². The standard InChI is InChI=1S/C19H19ClN2O4/c1-12(9-13-5-3-4-6-16(13)25-2)21-18(23)11-22-15-8-7-14(20)10-17(15)26-19(22)24/h3-8,10,12H,9,11H2,1-2H3,(H,21,23)/t12-/m1/s1. The molecular weight excluding hydrogens is 356 g/mol. The minimum Gasteiger partial charge on any atom is -0.496 e. The van der Waals surface area contributed by atoms with Gasteiger partial charge in [-0.15, -0.1) is 0 Å². The fraction of sp³-hybridized carbons (Fsp3) is 0.263. The number of rotatable bonds is 6. The molecule has 1 aromatic heterocycles. The summed E-state index contributed by atoms with van der Waals surface area (Å²) in [5, 5.41) is 3.37. The molecule has 0 fully saturated rings. The number of amides is 1. The second kappa shape index (κ2) is 7.66. The zero-order valence-corrected chi connectivity index (χ0v) is 15.2. The van der Waals surface area contributed by atoms with Crippen LogP contribution in [0.4, 0.5) is 0 Å². The lowest BCUT2D eigenvalue weighted by molar-refractivity contribution is -0.122. The summed E-state index contributed by atoms with van der Waals surface area (Å²) in [6.45, 7) is 1.78. The van der Waals surface area contributed by atoms with Crippen LogP contribution in [-0.4, -0.2) is 23.6 Å². The van der Waals surface area contributed by atoms with Gasteiger partial charge in [-0.25, -0.2) is 4.79 Å². The lowest BCUT2D eigenvalue weighted by Crippen LogP contribution is -2.37. The first-order valence-corrected chi connectivity index (χ1v) is 8.56. The first-order chi connectivity index (χ1) is 12.5.